The highest BCUT2D eigenvalue weighted by molar-refractivity contribution is 8.15. The number of ether oxygens (including phenoxy) is 2. The summed E-state index contributed by atoms with van der Waals surface area (Å²) in [5, 5.41) is 20.2. The zero-order valence-corrected chi connectivity index (χ0v) is 16.5. The Morgan fingerprint density at radius 1 is 1.20 bits per heavy atom. The Morgan fingerprint density at radius 2 is 1.97 bits per heavy atom. The van der Waals surface area contributed by atoms with Gasteiger partial charge >= 0.3 is 5.97 Å². The third kappa shape index (κ3) is 5.67. The Balaban J connectivity index is 1.62. The lowest BCUT2D eigenvalue weighted by Gasteiger charge is -2.05. The fourth-order valence-electron chi connectivity index (χ4n) is 2.44. The number of amides is 1. The van der Waals surface area contributed by atoms with E-state index in [9.17, 15) is 19.5 Å². The molecule has 1 fully saturated rings. The minimum absolute atomic E-state index is 0.199. The van der Waals surface area contributed by atoms with Crippen molar-refractivity contribution in [1.29, 1.82) is 0 Å². The van der Waals surface area contributed by atoms with Gasteiger partial charge in [0.15, 0.2) is 5.17 Å². The Bertz CT molecular complexity index is 1020. The monoisotopic (exact) mass is 426 g/mol. The van der Waals surface area contributed by atoms with Gasteiger partial charge in [0, 0.05) is 12.4 Å². The molecule has 1 atom stereocenters. The minimum Gasteiger partial charge on any atom is -0.550 e. The Kier molecular flexibility index (Phi) is 6.81. The highest BCUT2D eigenvalue weighted by Gasteiger charge is 2.30. The van der Waals surface area contributed by atoms with Crippen molar-refractivity contribution in [2.45, 2.75) is 11.7 Å². The standard InChI is InChI=1S/C20H17N3O6S/c1-28-14-7-5-13(6-8-14)19(27)29-15-4-2-3-12(9-15)11-21-23-20-22-18(26)16(30-20)10-17(24)25/h2-9,11,16H,10H2,1H3,(H,24,25)(H,22,23,26)/p-1/b21-11-/t16-/m0/s1. The summed E-state index contributed by atoms with van der Waals surface area (Å²) in [4.78, 5) is 34.5. The number of amidine groups is 1. The van der Waals surface area contributed by atoms with Gasteiger partial charge in [-0.3, -0.25) is 4.79 Å². The quantitative estimate of drug-likeness (QED) is 0.302. The molecule has 0 spiro atoms. The molecule has 2 aromatic rings. The number of hydrogen-bond acceptors (Lipinski definition) is 9. The highest BCUT2D eigenvalue weighted by atomic mass is 32.2. The van der Waals surface area contributed by atoms with Crippen molar-refractivity contribution in [3.63, 3.8) is 0 Å². The van der Waals surface area contributed by atoms with Crippen LogP contribution < -0.4 is 19.9 Å². The van der Waals surface area contributed by atoms with Crippen LogP contribution >= 0.6 is 11.8 Å². The van der Waals surface area contributed by atoms with E-state index in [1.807, 2.05) is 0 Å². The van der Waals surface area contributed by atoms with Gasteiger partial charge in [-0.2, -0.15) is 5.10 Å². The lowest BCUT2D eigenvalue weighted by atomic mass is 10.2. The summed E-state index contributed by atoms with van der Waals surface area (Å²) in [7, 11) is 1.54. The van der Waals surface area contributed by atoms with Gasteiger partial charge in [-0.1, -0.05) is 23.9 Å². The molecule has 1 saturated heterocycles. The van der Waals surface area contributed by atoms with Crippen LogP contribution in [0.25, 0.3) is 0 Å². The van der Waals surface area contributed by atoms with Gasteiger partial charge in [0.2, 0.25) is 5.91 Å². The maximum absolute atomic E-state index is 12.2. The van der Waals surface area contributed by atoms with E-state index in [1.54, 1.807) is 48.5 Å². The first kappa shape index (κ1) is 21.1. The van der Waals surface area contributed by atoms with E-state index in [-0.39, 0.29) is 5.17 Å². The van der Waals surface area contributed by atoms with Gasteiger partial charge in [-0.15, -0.1) is 5.10 Å². The molecule has 30 heavy (non-hydrogen) atoms. The molecule has 1 heterocycles. The van der Waals surface area contributed by atoms with Crippen LogP contribution in [-0.4, -0.2) is 41.6 Å². The molecule has 0 aromatic heterocycles. The molecule has 1 aliphatic rings. The molecule has 0 aliphatic carbocycles. The number of carboxylic acid groups (broad SMARTS) is 1. The zero-order valence-electron chi connectivity index (χ0n) is 15.7. The fraction of sp³-hybridized carbons (Fsp3) is 0.150. The van der Waals surface area contributed by atoms with E-state index >= 15 is 0 Å². The smallest absolute Gasteiger partial charge is 0.343 e. The summed E-state index contributed by atoms with van der Waals surface area (Å²) in [6.07, 6.45) is 1.01. The van der Waals surface area contributed by atoms with Crippen LogP contribution in [0.3, 0.4) is 0 Å². The van der Waals surface area contributed by atoms with Crippen LogP contribution in [0.15, 0.2) is 58.7 Å². The number of carbonyl (C=O) groups excluding carboxylic acids is 3. The molecule has 2 aromatic carbocycles. The minimum atomic E-state index is -1.31. The average molecular weight is 426 g/mol. The molecular formula is C20H16N3O6S-. The van der Waals surface area contributed by atoms with Crippen molar-refractivity contribution in [3.8, 4) is 11.5 Å². The number of hydrogen-bond donors (Lipinski definition) is 1. The van der Waals surface area contributed by atoms with E-state index < -0.39 is 29.5 Å². The van der Waals surface area contributed by atoms with E-state index in [1.165, 1.54) is 13.3 Å². The van der Waals surface area contributed by atoms with Gasteiger partial charge in [0.05, 0.1) is 24.1 Å². The van der Waals surface area contributed by atoms with E-state index in [2.05, 4.69) is 15.5 Å². The summed E-state index contributed by atoms with van der Waals surface area (Å²) in [5.74, 6) is -1.33. The van der Waals surface area contributed by atoms with E-state index in [4.69, 9.17) is 9.47 Å². The number of esters is 1. The predicted molar refractivity (Wildman–Crippen MR) is 109 cm³/mol. The lowest BCUT2D eigenvalue weighted by molar-refractivity contribution is -0.305. The first-order chi connectivity index (χ1) is 14.4. The maximum Gasteiger partial charge on any atom is 0.343 e. The van der Waals surface area contributed by atoms with Gasteiger partial charge in [0.1, 0.15) is 11.5 Å². The molecule has 1 N–H and O–H groups in total. The van der Waals surface area contributed by atoms with Crippen molar-refractivity contribution in [2.75, 3.05) is 7.11 Å². The van der Waals surface area contributed by atoms with Crippen LogP contribution in [0, 0.1) is 0 Å². The molecule has 154 valence electrons. The summed E-state index contributed by atoms with van der Waals surface area (Å²) >= 11 is 0.970. The lowest BCUT2D eigenvalue weighted by Crippen LogP contribution is -2.31. The molecule has 0 unspecified atom stereocenters. The molecule has 0 saturated carbocycles. The second kappa shape index (κ2) is 9.70. The summed E-state index contributed by atoms with van der Waals surface area (Å²) < 4.78 is 10.4. The van der Waals surface area contributed by atoms with E-state index in [0.717, 1.165) is 11.8 Å². The van der Waals surface area contributed by atoms with Gasteiger partial charge in [-0.05, 0) is 42.0 Å². The third-order valence-corrected chi connectivity index (χ3v) is 4.95. The number of benzene rings is 2. The number of aliphatic carboxylic acids is 1. The molecule has 0 radical (unpaired) electrons. The van der Waals surface area contributed by atoms with Gasteiger partial charge in [0.25, 0.3) is 0 Å². The maximum atomic E-state index is 12.2. The second-order valence-electron chi connectivity index (χ2n) is 6.01. The van der Waals surface area contributed by atoms with Crippen molar-refractivity contribution in [2.24, 2.45) is 10.2 Å². The average Bonchev–Trinajstić information content (AvgIpc) is 3.06. The van der Waals surface area contributed by atoms with Crippen LogP contribution in [-0.2, 0) is 9.59 Å². The van der Waals surface area contributed by atoms with Gasteiger partial charge < -0.3 is 24.7 Å². The van der Waals surface area contributed by atoms with Gasteiger partial charge in [-0.25, -0.2) is 4.79 Å². The number of rotatable bonds is 7. The number of carbonyl (C=O) groups is 3. The molecule has 9 nitrogen and oxygen atoms in total. The fourth-order valence-corrected chi connectivity index (χ4v) is 3.35. The SMILES string of the molecule is COc1ccc(C(=O)Oc2cccc(/C=N\N=C3\NC(=O)[C@H](CC(=O)[O-])S3)c2)cc1. The molecule has 3 rings (SSSR count). The second-order valence-corrected chi connectivity index (χ2v) is 7.20. The summed E-state index contributed by atoms with van der Waals surface area (Å²) in [6.45, 7) is 0. The summed E-state index contributed by atoms with van der Waals surface area (Å²) in [5.41, 5.74) is 0.987. The van der Waals surface area contributed by atoms with E-state index in [0.29, 0.717) is 22.6 Å². The first-order valence-electron chi connectivity index (χ1n) is 8.69. The number of nitrogens with zero attached hydrogens (tertiary/aromatic N) is 2. The first-order valence-corrected chi connectivity index (χ1v) is 9.57. The Labute approximate surface area is 175 Å². The largest absolute Gasteiger partial charge is 0.550 e. The number of carboxylic acids is 1. The van der Waals surface area contributed by atoms with Crippen LogP contribution in [0.1, 0.15) is 22.3 Å². The van der Waals surface area contributed by atoms with Crippen LogP contribution in [0.2, 0.25) is 0 Å². The normalized spacial score (nSPS) is 17.2. The highest BCUT2D eigenvalue weighted by Crippen LogP contribution is 2.22. The third-order valence-electron chi connectivity index (χ3n) is 3.88. The number of methoxy groups -OCH3 is 1. The molecule has 1 aliphatic heterocycles. The number of nitrogens with one attached hydrogen (secondary N) is 1. The molecule has 0 bridgehead atoms. The molecular weight excluding hydrogens is 410 g/mol. The van der Waals surface area contributed by atoms with Crippen molar-refractivity contribution >= 4 is 41.0 Å². The predicted octanol–water partition coefficient (Wildman–Crippen LogP) is 0.976. The molecule has 1 amide bonds. The molecule has 10 heteroatoms. The Hall–Kier alpha value is -3.66. The topological polar surface area (TPSA) is 129 Å². The summed E-state index contributed by atoms with van der Waals surface area (Å²) in [6, 6.07) is 13.2. The Morgan fingerprint density at radius 3 is 2.67 bits per heavy atom. The van der Waals surface area contributed by atoms with Crippen molar-refractivity contribution in [3.05, 3.63) is 59.7 Å². The zero-order chi connectivity index (χ0) is 21.5. The van der Waals surface area contributed by atoms with Crippen LogP contribution in [0.5, 0.6) is 11.5 Å². The number of thioether (sulfide) groups is 1. The van der Waals surface area contributed by atoms with Crippen molar-refractivity contribution < 1.29 is 29.0 Å². The van der Waals surface area contributed by atoms with Crippen molar-refractivity contribution in [1.82, 2.24) is 5.32 Å². The van der Waals surface area contributed by atoms with Crippen LogP contribution in [0.4, 0.5) is 0 Å².